The van der Waals surface area contributed by atoms with Gasteiger partial charge < -0.3 is 14.2 Å². The van der Waals surface area contributed by atoms with E-state index < -0.39 is 5.97 Å². The molecule has 0 aliphatic carbocycles. The van der Waals surface area contributed by atoms with E-state index in [0.717, 1.165) is 15.7 Å². The molecule has 2 aromatic carbocycles. The van der Waals surface area contributed by atoms with Crippen LogP contribution < -0.4 is 19.6 Å². The Hall–Kier alpha value is -4.23. The standard InChI is InChI=1S/C26H23BrN6O5S/c1-16(34)38-24-21(36-2)11-17(12-22(24)37-3)13-29-30-23(35)15-39-26-32-31-25(18-5-4-10-28-14-18)33(26)20-8-6-19(27)7-9-20/h4-14H,15H2,1-3H3,(H,30,35). The van der Waals surface area contributed by atoms with Crippen LogP contribution in [-0.4, -0.2) is 57.8 Å². The number of esters is 1. The summed E-state index contributed by atoms with van der Waals surface area (Å²) in [5.41, 5.74) is 4.68. The highest BCUT2D eigenvalue weighted by Gasteiger charge is 2.18. The molecule has 0 spiro atoms. The van der Waals surface area contributed by atoms with Crippen molar-refractivity contribution >= 4 is 45.8 Å². The van der Waals surface area contributed by atoms with Gasteiger partial charge in [-0.05, 0) is 48.5 Å². The number of nitrogens with one attached hydrogen (secondary N) is 1. The third kappa shape index (κ3) is 7.00. The molecular weight excluding hydrogens is 588 g/mol. The molecule has 0 atom stereocenters. The van der Waals surface area contributed by atoms with Crippen molar-refractivity contribution in [1.29, 1.82) is 0 Å². The van der Waals surface area contributed by atoms with Gasteiger partial charge in [0.25, 0.3) is 5.91 Å². The van der Waals surface area contributed by atoms with E-state index in [2.05, 4.69) is 41.6 Å². The van der Waals surface area contributed by atoms with E-state index in [9.17, 15) is 9.59 Å². The number of hydrogen-bond donors (Lipinski definition) is 1. The van der Waals surface area contributed by atoms with Gasteiger partial charge in [0.1, 0.15) is 0 Å². The van der Waals surface area contributed by atoms with Crippen LogP contribution in [0.3, 0.4) is 0 Å². The summed E-state index contributed by atoms with van der Waals surface area (Å²) in [6, 6.07) is 14.6. The highest BCUT2D eigenvalue weighted by molar-refractivity contribution is 9.10. The van der Waals surface area contributed by atoms with Crippen LogP contribution in [0, 0.1) is 0 Å². The van der Waals surface area contributed by atoms with Crippen molar-refractivity contribution in [3.8, 4) is 34.3 Å². The Kier molecular flexibility index (Phi) is 9.28. The Bertz CT molecular complexity index is 1470. The van der Waals surface area contributed by atoms with Gasteiger partial charge in [0.05, 0.1) is 26.2 Å². The topological polar surface area (TPSA) is 130 Å². The molecule has 0 unspecified atom stereocenters. The normalized spacial score (nSPS) is 10.9. The fraction of sp³-hybridized carbons (Fsp3) is 0.154. The zero-order valence-electron chi connectivity index (χ0n) is 21.1. The molecule has 0 aliphatic heterocycles. The Labute approximate surface area is 236 Å². The lowest BCUT2D eigenvalue weighted by molar-refractivity contribution is -0.132. The molecule has 13 heteroatoms. The van der Waals surface area contributed by atoms with Crippen molar-refractivity contribution in [1.82, 2.24) is 25.2 Å². The molecule has 1 N–H and O–H groups in total. The molecule has 0 saturated carbocycles. The summed E-state index contributed by atoms with van der Waals surface area (Å²) in [6.07, 6.45) is 4.82. The van der Waals surface area contributed by atoms with Crippen LogP contribution in [0.25, 0.3) is 17.1 Å². The first-order valence-electron chi connectivity index (χ1n) is 11.4. The average molecular weight is 611 g/mol. The third-order valence-electron chi connectivity index (χ3n) is 5.10. The smallest absolute Gasteiger partial charge is 0.308 e. The largest absolute Gasteiger partial charge is 0.493 e. The predicted octanol–water partition coefficient (Wildman–Crippen LogP) is 4.28. The highest BCUT2D eigenvalue weighted by atomic mass is 79.9. The van der Waals surface area contributed by atoms with Crippen LogP contribution in [0.15, 0.2) is 75.7 Å². The van der Waals surface area contributed by atoms with Crippen molar-refractivity contribution in [2.45, 2.75) is 12.1 Å². The van der Waals surface area contributed by atoms with E-state index in [-0.39, 0.29) is 28.9 Å². The molecule has 2 aromatic heterocycles. The molecule has 4 aromatic rings. The number of nitrogens with zero attached hydrogens (tertiary/aromatic N) is 5. The maximum atomic E-state index is 12.6. The molecule has 2 heterocycles. The number of aromatic nitrogens is 4. The van der Waals surface area contributed by atoms with Gasteiger partial charge in [0.15, 0.2) is 22.5 Å². The number of methoxy groups -OCH3 is 2. The molecular formula is C26H23BrN6O5S. The van der Waals surface area contributed by atoms with Crippen LogP contribution >= 0.6 is 27.7 Å². The van der Waals surface area contributed by atoms with Gasteiger partial charge in [0.2, 0.25) is 5.75 Å². The number of pyridine rings is 1. The second-order valence-electron chi connectivity index (χ2n) is 7.79. The van der Waals surface area contributed by atoms with Gasteiger partial charge in [-0.25, -0.2) is 5.43 Å². The first-order chi connectivity index (χ1) is 18.9. The lowest BCUT2D eigenvalue weighted by Crippen LogP contribution is -2.20. The number of thioether (sulfide) groups is 1. The van der Waals surface area contributed by atoms with Gasteiger partial charge in [-0.2, -0.15) is 5.10 Å². The Morgan fingerprint density at radius 2 is 1.82 bits per heavy atom. The second kappa shape index (κ2) is 13.0. The molecule has 0 fully saturated rings. The van der Waals surface area contributed by atoms with Crippen LogP contribution in [-0.2, 0) is 9.59 Å². The molecule has 11 nitrogen and oxygen atoms in total. The summed E-state index contributed by atoms with van der Waals surface area (Å²) in [5, 5.41) is 13.2. The summed E-state index contributed by atoms with van der Waals surface area (Å²) < 4.78 is 18.6. The Morgan fingerprint density at radius 1 is 1.10 bits per heavy atom. The number of rotatable bonds is 10. The van der Waals surface area contributed by atoms with Crippen molar-refractivity contribution in [3.05, 3.63) is 71.0 Å². The number of ether oxygens (including phenoxy) is 3. The summed E-state index contributed by atoms with van der Waals surface area (Å²) in [6.45, 7) is 1.28. The van der Waals surface area contributed by atoms with Crippen LogP contribution in [0.2, 0.25) is 0 Å². The zero-order valence-corrected chi connectivity index (χ0v) is 23.5. The van der Waals surface area contributed by atoms with E-state index in [0.29, 0.717) is 16.5 Å². The minimum atomic E-state index is -0.513. The molecule has 4 rings (SSSR count). The van der Waals surface area contributed by atoms with Gasteiger partial charge in [-0.15, -0.1) is 10.2 Å². The predicted molar refractivity (Wildman–Crippen MR) is 150 cm³/mol. The Balaban J connectivity index is 1.47. The number of benzene rings is 2. The SMILES string of the molecule is COc1cc(C=NNC(=O)CSc2nnc(-c3cccnc3)n2-c2ccc(Br)cc2)cc(OC)c1OC(C)=O. The number of carbonyl (C=O) groups is 2. The lowest BCUT2D eigenvalue weighted by Gasteiger charge is -2.13. The summed E-state index contributed by atoms with van der Waals surface area (Å²) in [7, 11) is 2.88. The number of hydrogen-bond acceptors (Lipinski definition) is 10. The van der Waals surface area contributed by atoms with Crippen molar-refractivity contribution in [2.75, 3.05) is 20.0 Å². The lowest BCUT2D eigenvalue weighted by atomic mass is 10.2. The third-order valence-corrected chi connectivity index (χ3v) is 6.56. The monoisotopic (exact) mass is 610 g/mol. The van der Waals surface area contributed by atoms with Crippen molar-refractivity contribution < 1.29 is 23.8 Å². The number of halogens is 1. The second-order valence-corrected chi connectivity index (χ2v) is 9.65. The summed E-state index contributed by atoms with van der Waals surface area (Å²) in [5.74, 6) is 0.504. The molecule has 200 valence electrons. The van der Waals surface area contributed by atoms with E-state index in [1.54, 1.807) is 24.5 Å². The van der Waals surface area contributed by atoms with E-state index >= 15 is 0 Å². The maximum Gasteiger partial charge on any atom is 0.308 e. The van der Waals surface area contributed by atoms with Crippen molar-refractivity contribution in [2.24, 2.45) is 5.10 Å². The highest BCUT2D eigenvalue weighted by Crippen LogP contribution is 2.38. The molecule has 0 bridgehead atoms. The number of hydrazone groups is 1. The van der Waals surface area contributed by atoms with E-state index in [1.165, 1.54) is 39.1 Å². The summed E-state index contributed by atoms with van der Waals surface area (Å²) >= 11 is 4.67. The molecule has 0 aliphatic rings. The summed E-state index contributed by atoms with van der Waals surface area (Å²) in [4.78, 5) is 28.2. The zero-order chi connectivity index (χ0) is 27.8. The first kappa shape index (κ1) is 27.8. The van der Waals surface area contributed by atoms with Crippen LogP contribution in [0.1, 0.15) is 12.5 Å². The van der Waals surface area contributed by atoms with Gasteiger partial charge >= 0.3 is 5.97 Å². The van der Waals surface area contributed by atoms with Crippen molar-refractivity contribution in [3.63, 3.8) is 0 Å². The molecule has 39 heavy (non-hydrogen) atoms. The van der Waals surface area contributed by atoms with Gasteiger partial charge in [-0.3, -0.25) is 19.1 Å². The van der Waals surface area contributed by atoms with Crippen LogP contribution in [0.4, 0.5) is 0 Å². The first-order valence-corrected chi connectivity index (χ1v) is 13.2. The molecule has 0 saturated heterocycles. The van der Waals surface area contributed by atoms with E-state index in [1.807, 2.05) is 41.0 Å². The minimum absolute atomic E-state index is 0.0388. The minimum Gasteiger partial charge on any atom is -0.493 e. The number of carbonyl (C=O) groups excluding carboxylic acids is 2. The van der Waals surface area contributed by atoms with Gasteiger partial charge in [-0.1, -0.05) is 27.7 Å². The maximum absolute atomic E-state index is 12.6. The quantitative estimate of drug-likeness (QED) is 0.0919. The Morgan fingerprint density at radius 3 is 2.44 bits per heavy atom. The fourth-order valence-electron chi connectivity index (χ4n) is 3.43. The molecule has 0 radical (unpaired) electrons. The average Bonchev–Trinajstić information content (AvgIpc) is 3.37. The fourth-order valence-corrected chi connectivity index (χ4v) is 4.44. The van der Waals surface area contributed by atoms with Gasteiger partial charge in [0, 0.05) is 40.6 Å². The number of amides is 1. The molecule has 1 amide bonds. The van der Waals surface area contributed by atoms with E-state index in [4.69, 9.17) is 14.2 Å². The van der Waals surface area contributed by atoms with Crippen LogP contribution in [0.5, 0.6) is 17.2 Å².